The minimum absolute atomic E-state index is 0.0241. The largest absolute Gasteiger partial charge is 0.417 e. The van der Waals surface area contributed by atoms with Gasteiger partial charge in [0.05, 0.1) is 21.6 Å². The van der Waals surface area contributed by atoms with Crippen LogP contribution >= 0.6 is 11.6 Å². The first-order chi connectivity index (χ1) is 14.0. The van der Waals surface area contributed by atoms with E-state index in [1.54, 1.807) is 11.0 Å². The number of piperazine rings is 1. The lowest BCUT2D eigenvalue weighted by molar-refractivity contribution is -0.137. The van der Waals surface area contributed by atoms with Crippen LogP contribution in [0, 0.1) is 5.82 Å². The fourth-order valence-electron chi connectivity index (χ4n) is 3.27. The molecule has 2 aromatic rings. The molecule has 0 saturated carbocycles. The second-order valence-corrected chi connectivity index (χ2v) is 9.23. The van der Waals surface area contributed by atoms with Gasteiger partial charge in [0, 0.05) is 38.3 Å². The lowest BCUT2D eigenvalue weighted by Gasteiger charge is -2.35. The van der Waals surface area contributed by atoms with Gasteiger partial charge in [-0.1, -0.05) is 29.8 Å². The Morgan fingerprint density at radius 3 is 2.30 bits per heavy atom. The van der Waals surface area contributed by atoms with E-state index in [0.717, 1.165) is 16.4 Å². The number of rotatable bonds is 5. The predicted octanol–water partition coefficient (Wildman–Crippen LogP) is 3.54. The van der Waals surface area contributed by atoms with Crippen LogP contribution in [0.15, 0.2) is 47.4 Å². The summed E-state index contributed by atoms with van der Waals surface area (Å²) in [5.41, 5.74) is -1.06. The van der Waals surface area contributed by atoms with Gasteiger partial charge in [-0.25, -0.2) is 12.8 Å². The maximum Gasteiger partial charge on any atom is 0.417 e. The molecule has 164 valence electrons. The molecule has 3 rings (SSSR count). The summed E-state index contributed by atoms with van der Waals surface area (Å²) in [6, 6.07) is 8.32. The van der Waals surface area contributed by atoms with Gasteiger partial charge in [0.2, 0.25) is 10.0 Å². The van der Waals surface area contributed by atoms with Gasteiger partial charge in [0.1, 0.15) is 5.82 Å². The fourth-order valence-corrected chi connectivity index (χ4v) is 4.95. The molecule has 1 saturated heterocycles. The molecule has 1 aliphatic rings. The molecule has 11 heteroatoms. The molecule has 0 aromatic heterocycles. The van der Waals surface area contributed by atoms with Crippen LogP contribution < -0.4 is 0 Å². The maximum absolute atomic E-state index is 13.8. The quantitative estimate of drug-likeness (QED) is 0.685. The Labute approximate surface area is 176 Å². The van der Waals surface area contributed by atoms with E-state index in [0.29, 0.717) is 6.07 Å². The molecule has 0 unspecified atom stereocenters. The molecule has 1 aliphatic heterocycles. The molecule has 0 aliphatic carbocycles. The standard InChI is InChI=1S/C19H19ClF4N2O3S/c20-16-6-5-13(11-15(16)19(22,23)24)30(28,29)26-9-7-25(8-10-26)12-18(27)14-3-1-2-4-17(14)21/h1-6,11,18,27H,7-10,12H2/t18-/m0/s1. The topological polar surface area (TPSA) is 60.9 Å². The van der Waals surface area contributed by atoms with Crippen molar-refractivity contribution >= 4 is 21.6 Å². The maximum atomic E-state index is 13.8. The first-order valence-electron chi connectivity index (χ1n) is 9.02. The minimum Gasteiger partial charge on any atom is -0.387 e. The van der Waals surface area contributed by atoms with Gasteiger partial charge in [0.25, 0.3) is 0 Å². The molecular formula is C19H19ClF4N2O3S. The van der Waals surface area contributed by atoms with Crippen LogP contribution in [0.4, 0.5) is 17.6 Å². The summed E-state index contributed by atoms with van der Waals surface area (Å²) in [7, 11) is -4.15. The third kappa shape index (κ3) is 4.94. The predicted molar refractivity (Wildman–Crippen MR) is 103 cm³/mol. The Hall–Kier alpha value is -1.72. The van der Waals surface area contributed by atoms with Crippen LogP contribution in [0.3, 0.4) is 0 Å². The van der Waals surface area contributed by atoms with Crippen molar-refractivity contribution in [3.63, 3.8) is 0 Å². The van der Waals surface area contributed by atoms with E-state index < -0.39 is 43.6 Å². The highest BCUT2D eigenvalue weighted by molar-refractivity contribution is 7.89. The highest BCUT2D eigenvalue weighted by atomic mass is 35.5. The summed E-state index contributed by atoms with van der Waals surface area (Å²) in [5, 5.41) is 9.68. The van der Waals surface area contributed by atoms with Crippen molar-refractivity contribution in [1.29, 1.82) is 0 Å². The molecule has 1 heterocycles. The van der Waals surface area contributed by atoms with E-state index in [2.05, 4.69) is 0 Å². The van der Waals surface area contributed by atoms with Crippen LogP contribution in [0.25, 0.3) is 0 Å². The average Bonchev–Trinajstić information content (AvgIpc) is 2.68. The second kappa shape index (κ2) is 8.80. The third-order valence-corrected chi connectivity index (χ3v) is 7.13. The molecule has 30 heavy (non-hydrogen) atoms. The molecule has 1 atom stereocenters. The average molecular weight is 467 g/mol. The van der Waals surface area contributed by atoms with Gasteiger partial charge in [-0.05, 0) is 24.3 Å². The molecule has 1 fully saturated rings. The smallest absolute Gasteiger partial charge is 0.387 e. The van der Waals surface area contributed by atoms with E-state index in [9.17, 15) is 31.1 Å². The first-order valence-corrected chi connectivity index (χ1v) is 10.8. The highest BCUT2D eigenvalue weighted by Gasteiger charge is 2.36. The number of alkyl halides is 3. The zero-order chi connectivity index (χ0) is 22.1. The molecule has 0 spiro atoms. The number of halogens is 5. The van der Waals surface area contributed by atoms with E-state index in [1.807, 2.05) is 0 Å². The van der Waals surface area contributed by atoms with Crippen molar-refractivity contribution in [2.45, 2.75) is 17.2 Å². The molecule has 1 N–H and O–H groups in total. The van der Waals surface area contributed by atoms with Crippen molar-refractivity contribution in [1.82, 2.24) is 9.21 Å². The van der Waals surface area contributed by atoms with Gasteiger partial charge < -0.3 is 5.11 Å². The minimum atomic E-state index is -4.77. The highest BCUT2D eigenvalue weighted by Crippen LogP contribution is 2.36. The van der Waals surface area contributed by atoms with E-state index in [1.165, 1.54) is 18.2 Å². The first kappa shape index (κ1) is 23.0. The Kier molecular flexibility index (Phi) is 6.73. The molecule has 0 amide bonds. The van der Waals surface area contributed by atoms with Gasteiger partial charge >= 0.3 is 6.18 Å². The van der Waals surface area contributed by atoms with Gasteiger partial charge in [-0.15, -0.1) is 0 Å². The van der Waals surface area contributed by atoms with Crippen molar-refractivity contribution < 1.29 is 31.1 Å². The zero-order valence-corrected chi connectivity index (χ0v) is 17.2. The fraction of sp³-hybridized carbons (Fsp3) is 0.368. The van der Waals surface area contributed by atoms with Crippen LogP contribution in [-0.4, -0.2) is 55.5 Å². The van der Waals surface area contributed by atoms with E-state index in [4.69, 9.17) is 11.6 Å². The summed E-state index contributed by atoms with van der Waals surface area (Å²) in [5.74, 6) is -0.533. The van der Waals surface area contributed by atoms with Gasteiger partial charge in [-0.3, -0.25) is 4.90 Å². The summed E-state index contributed by atoms with van der Waals surface area (Å²) < 4.78 is 79.6. The molecule has 0 radical (unpaired) electrons. The van der Waals surface area contributed by atoms with E-state index >= 15 is 0 Å². The number of aliphatic hydroxyl groups is 1. The number of hydrogen-bond acceptors (Lipinski definition) is 4. The molecule has 0 bridgehead atoms. The number of aliphatic hydroxyl groups excluding tert-OH is 1. The number of nitrogens with zero attached hydrogens (tertiary/aromatic N) is 2. The normalized spacial score (nSPS) is 17.8. The number of β-amino-alcohol motifs (C(OH)–C–C–N with tert-alkyl or cyclic N) is 1. The monoisotopic (exact) mass is 466 g/mol. The summed E-state index contributed by atoms with van der Waals surface area (Å²) >= 11 is 5.56. The number of hydrogen-bond donors (Lipinski definition) is 1. The van der Waals surface area contributed by atoms with Crippen molar-refractivity contribution in [3.05, 3.63) is 64.4 Å². The SMILES string of the molecule is O=S(=O)(c1ccc(Cl)c(C(F)(F)F)c1)N1CCN(C[C@H](O)c2ccccc2F)CC1. The van der Waals surface area contributed by atoms with Crippen LogP contribution in [0.2, 0.25) is 5.02 Å². The Bertz CT molecular complexity index is 1010. The Morgan fingerprint density at radius 1 is 1.07 bits per heavy atom. The zero-order valence-electron chi connectivity index (χ0n) is 15.6. The molecule has 5 nitrogen and oxygen atoms in total. The van der Waals surface area contributed by atoms with Crippen molar-refractivity contribution in [2.24, 2.45) is 0 Å². The lowest BCUT2D eigenvalue weighted by Crippen LogP contribution is -2.49. The Balaban J connectivity index is 1.68. The summed E-state index contributed by atoms with van der Waals surface area (Å²) in [6.07, 6.45) is -5.86. The number of benzene rings is 2. The third-order valence-electron chi connectivity index (χ3n) is 4.91. The summed E-state index contributed by atoms with van der Waals surface area (Å²) in [4.78, 5) is 1.28. The summed E-state index contributed by atoms with van der Waals surface area (Å²) in [6.45, 7) is 0.634. The second-order valence-electron chi connectivity index (χ2n) is 6.88. The van der Waals surface area contributed by atoms with Crippen molar-refractivity contribution in [3.8, 4) is 0 Å². The van der Waals surface area contributed by atoms with Crippen molar-refractivity contribution in [2.75, 3.05) is 32.7 Å². The van der Waals surface area contributed by atoms with Crippen LogP contribution in [-0.2, 0) is 16.2 Å². The lowest BCUT2D eigenvalue weighted by atomic mass is 10.1. The van der Waals surface area contributed by atoms with E-state index in [-0.39, 0.29) is 38.3 Å². The number of sulfonamides is 1. The van der Waals surface area contributed by atoms with Gasteiger partial charge in [-0.2, -0.15) is 17.5 Å². The van der Waals surface area contributed by atoms with Gasteiger partial charge in [0.15, 0.2) is 0 Å². The Morgan fingerprint density at radius 2 is 1.70 bits per heavy atom. The molecular weight excluding hydrogens is 448 g/mol. The van der Waals surface area contributed by atoms with Crippen LogP contribution in [0.5, 0.6) is 0 Å². The molecule has 2 aromatic carbocycles. The van der Waals surface area contributed by atoms with Crippen LogP contribution in [0.1, 0.15) is 17.2 Å².